The lowest BCUT2D eigenvalue weighted by atomic mass is 9.97. The number of benzene rings is 2. The van der Waals surface area contributed by atoms with Gasteiger partial charge < -0.3 is 10.1 Å². The molecular weight excluding hydrogens is 416 g/mol. The standard InChI is InChI=1S/C23H26N2O5S/c26-22(24-15-14-18-8-3-1-4-9-18)17-30-23(27)19-10-7-11-20(16-19)25-31(28,29)21-12-5-2-6-13-21/h2,5-8,10-13,16,25H,1,3-4,9,14-15,17H2,(H,24,26). The van der Waals surface area contributed by atoms with Gasteiger partial charge in [-0.2, -0.15) is 0 Å². The second-order valence-corrected chi connectivity index (χ2v) is 8.97. The number of esters is 1. The molecule has 0 saturated carbocycles. The first-order valence-corrected chi connectivity index (χ1v) is 11.7. The molecule has 0 spiro atoms. The smallest absolute Gasteiger partial charge is 0.338 e. The fourth-order valence-corrected chi connectivity index (χ4v) is 4.35. The third-order valence-corrected chi connectivity index (χ3v) is 6.29. The zero-order chi connectivity index (χ0) is 22.1. The monoisotopic (exact) mass is 442 g/mol. The van der Waals surface area contributed by atoms with E-state index >= 15 is 0 Å². The molecule has 3 rings (SSSR count). The van der Waals surface area contributed by atoms with Gasteiger partial charge in [0.1, 0.15) is 0 Å². The van der Waals surface area contributed by atoms with E-state index in [1.807, 2.05) is 0 Å². The number of amides is 1. The molecule has 164 valence electrons. The van der Waals surface area contributed by atoms with Gasteiger partial charge in [0.15, 0.2) is 6.61 Å². The van der Waals surface area contributed by atoms with E-state index in [2.05, 4.69) is 16.1 Å². The lowest BCUT2D eigenvalue weighted by molar-refractivity contribution is -0.124. The highest BCUT2D eigenvalue weighted by Crippen LogP contribution is 2.19. The Kier molecular flexibility index (Phi) is 7.83. The van der Waals surface area contributed by atoms with Gasteiger partial charge in [0.25, 0.3) is 15.9 Å². The van der Waals surface area contributed by atoms with Crippen LogP contribution in [0.2, 0.25) is 0 Å². The van der Waals surface area contributed by atoms with Gasteiger partial charge in [0, 0.05) is 12.2 Å². The van der Waals surface area contributed by atoms with Gasteiger partial charge in [-0.05, 0) is 62.4 Å². The van der Waals surface area contributed by atoms with Crippen LogP contribution in [0.4, 0.5) is 5.69 Å². The predicted octanol–water partition coefficient (Wildman–Crippen LogP) is 3.65. The van der Waals surface area contributed by atoms with Crippen molar-refractivity contribution in [2.75, 3.05) is 17.9 Å². The van der Waals surface area contributed by atoms with Crippen LogP contribution in [-0.4, -0.2) is 33.4 Å². The van der Waals surface area contributed by atoms with Crippen LogP contribution in [-0.2, 0) is 19.6 Å². The van der Waals surface area contributed by atoms with E-state index in [1.165, 1.54) is 54.8 Å². The van der Waals surface area contributed by atoms with Gasteiger partial charge in [-0.3, -0.25) is 9.52 Å². The molecule has 0 radical (unpaired) electrons. The van der Waals surface area contributed by atoms with Crippen LogP contribution in [0.3, 0.4) is 0 Å². The maximum atomic E-state index is 12.4. The van der Waals surface area contributed by atoms with Gasteiger partial charge in [-0.15, -0.1) is 0 Å². The molecule has 0 heterocycles. The molecule has 31 heavy (non-hydrogen) atoms. The molecule has 0 saturated heterocycles. The number of anilines is 1. The number of hydrogen-bond acceptors (Lipinski definition) is 5. The number of hydrogen-bond donors (Lipinski definition) is 2. The van der Waals surface area contributed by atoms with Crippen molar-refractivity contribution in [1.82, 2.24) is 5.32 Å². The number of sulfonamides is 1. The Hall–Kier alpha value is -3.13. The van der Waals surface area contributed by atoms with E-state index in [4.69, 9.17) is 4.74 Å². The van der Waals surface area contributed by atoms with Crippen LogP contribution >= 0.6 is 0 Å². The van der Waals surface area contributed by atoms with E-state index in [1.54, 1.807) is 18.2 Å². The van der Waals surface area contributed by atoms with Gasteiger partial charge >= 0.3 is 5.97 Å². The third-order valence-electron chi connectivity index (χ3n) is 4.89. The number of ether oxygens (including phenoxy) is 1. The minimum absolute atomic E-state index is 0.114. The van der Waals surface area contributed by atoms with E-state index < -0.39 is 22.6 Å². The molecule has 2 N–H and O–H groups in total. The summed E-state index contributed by atoms with van der Waals surface area (Å²) in [5.41, 5.74) is 1.73. The first-order valence-electron chi connectivity index (χ1n) is 10.2. The highest BCUT2D eigenvalue weighted by atomic mass is 32.2. The zero-order valence-electron chi connectivity index (χ0n) is 17.2. The molecule has 1 aliphatic rings. The van der Waals surface area contributed by atoms with Crippen LogP contribution in [0.25, 0.3) is 0 Å². The summed E-state index contributed by atoms with van der Waals surface area (Å²) in [6.45, 7) is 0.122. The maximum Gasteiger partial charge on any atom is 0.338 e. The normalized spacial score (nSPS) is 13.7. The summed E-state index contributed by atoms with van der Waals surface area (Å²) in [5.74, 6) is -1.07. The van der Waals surface area contributed by atoms with Gasteiger partial charge in [-0.25, -0.2) is 13.2 Å². The summed E-state index contributed by atoms with van der Waals surface area (Å²) in [4.78, 5) is 24.3. The lowest BCUT2D eigenvalue weighted by Crippen LogP contribution is -2.29. The quantitative estimate of drug-likeness (QED) is 0.456. The van der Waals surface area contributed by atoms with Crippen LogP contribution < -0.4 is 10.0 Å². The highest BCUT2D eigenvalue weighted by Gasteiger charge is 2.16. The van der Waals surface area contributed by atoms with E-state index in [0.29, 0.717) is 6.54 Å². The molecule has 2 aromatic carbocycles. The highest BCUT2D eigenvalue weighted by molar-refractivity contribution is 7.92. The molecule has 1 aliphatic carbocycles. The minimum Gasteiger partial charge on any atom is -0.452 e. The fourth-order valence-electron chi connectivity index (χ4n) is 3.28. The van der Waals surface area contributed by atoms with Crippen molar-refractivity contribution in [2.24, 2.45) is 0 Å². The summed E-state index contributed by atoms with van der Waals surface area (Å²) in [5, 5.41) is 2.75. The van der Waals surface area contributed by atoms with Gasteiger partial charge in [0.2, 0.25) is 0 Å². The fraction of sp³-hybridized carbons (Fsp3) is 0.304. The second-order valence-electron chi connectivity index (χ2n) is 7.28. The zero-order valence-corrected chi connectivity index (χ0v) is 18.0. The van der Waals surface area contributed by atoms with Crippen molar-refractivity contribution in [3.8, 4) is 0 Å². The Bertz CT molecular complexity index is 1050. The molecule has 0 fully saturated rings. The third kappa shape index (κ3) is 6.96. The van der Waals surface area contributed by atoms with Gasteiger partial charge in [-0.1, -0.05) is 35.9 Å². The Morgan fingerprint density at radius 2 is 1.81 bits per heavy atom. The minimum atomic E-state index is -3.77. The van der Waals surface area contributed by atoms with Gasteiger partial charge in [0.05, 0.1) is 10.5 Å². The first kappa shape index (κ1) is 22.6. The Balaban J connectivity index is 1.49. The van der Waals surface area contributed by atoms with Crippen LogP contribution in [0.1, 0.15) is 42.5 Å². The van der Waals surface area contributed by atoms with Crippen LogP contribution in [0.15, 0.2) is 71.1 Å². The molecule has 0 atom stereocenters. The number of carbonyl (C=O) groups excluding carboxylic acids is 2. The lowest BCUT2D eigenvalue weighted by Gasteiger charge is -2.13. The molecule has 1 amide bonds. The second kappa shape index (κ2) is 10.8. The number of rotatable bonds is 9. The van der Waals surface area contributed by atoms with Crippen molar-refractivity contribution < 1.29 is 22.7 Å². The molecule has 0 aromatic heterocycles. The molecule has 7 nitrogen and oxygen atoms in total. The molecule has 2 aromatic rings. The first-order chi connectivity index (χ1) is 14.9. The van der Waals surface area contributed by atoms with Crippen molar-refractivity contribution in [3.63, 3.8) is 0 Å². The molecule has 0 unspecified atom stereocenters. The molecule has 8 heteroatoms. The summed E-state index contributed by atoms with van der Waals surface area (Å²) in [6.07, 6.45) is 7.63. The van der Waals surface area contributed by atoms with Crippen molar-refractivity contribution in [3.05, 3.63) is 71.8 Å². The summed E-state index contributed by atoms with van der Waals surface area (Å²) in [6, 6.07) is 13.9. The summed E-state index contributed by atoms with van der Waals surface area (Å²) in [7, 11) is -3.77. The average Bonchev–Trinajstić information content (AvgIpc) is 2.78. The number of nitrogens with one attached hydrogen (secondary N) is 2. The van der Waals surface area contributed by atoms with E-state index in [-0.39, 0.29) is 22.1 Å². The average molecular weight is 443 g/mol. The summed E-state index contributed by atoms with van der Waals surface area (Å²) < 4.78 is 32.3. The maximum absolute atomic E-state index is 12.4. The van der Waals surface area contributed by atoms with Crippen LogP contribution in [0, 0.1) is 0 Å². The summed E-state index contributed by atoms with van der Waals surface area (Å²) >= 11 is 0. The Morgan fingerprint density at radius 1 is 1.00 bits per heavy atom. The molecule has 0 bridgehead atoms. The molecule has 0 aliphatic heterocycles. The number of allylic oxidation sites excluding steroid dienone is 1. The van der Waals surface area contributed by atoms with Crippen LogP contribution in [0.5, 0.6) is 0 Å². The van der Waals surface area contributed by atoms with Crippen molar-refractivity contribution >= 4 is 27.6 Å². The van der Waals surface area contributed by atoms with E-state index in [9.17, 15) is 18.0 Å². The molecular formula is C23H26N2O5S. The Labute approximate surface area is 182 Å². The SMILES string of the molecule is O=C(COC(=O)c1cccc(NS(=O)(=O)c2ccccc2)c1)NCCC1=CCCCC1. The Morgan fingerprint density at radius 3 is 2.55 bits per heavy atom. The van der Waals surface area contributed by atoms with Crippen molar-refractivity contribution in [2.45, 2.75) is 37.0 Å². The van der Waals surface area contributed by atoms with E-state index in [0.717, 1.165) is 19.3 Å². The van der Waals surface area contributed by atoms with Crippen molar-refractivity contribution in [1.29, 1.82) is 0 Å². The number of carbonyl (C=O) groups is 2. The largest absolute Gasteiger partial charge is 0.452 e. The predicted molar refractivity (Wildman–Crippen MR) is 118 cm³/mol. The topological polar surface area (TPSA) is 102 Å².